The Kier molecular flexibility index (Phi) is 4.32. The summed E-state index contributed by atoms with van der Waals surface area (Å²) < 4.78 is 6.30. The molecule has 1 atom stereocenters. The van der Waals surface area contributed by atoms with E-state index in [-0.39, 0.29) is 0 Å². The number of ether oxygens (including phenoxy) is 1. The number of halogens is 1. The molecule has 1 fully saturated rings. The number of likely N-dealkylation sites (tertiary alicyclic amines) is 1. The maximum absolute atomic E-state index is 5.25. The maximum atomic E-state index is 5.25. The minimum Gasteiger partial charge on any atom is -0.383 e. The Morgan fingerprint density at radius 2 is 2.44 bits per heavy atom. The van der Waals surface area contributed by atoms with Crippen molar-refractivity contribution in [2.75, 3.05) is 20.3 Å². The van der Waals surface area contributed by atoms with Gasteiger partial charge in [0.05, 0.1) is 6.61 Å². The summed E-state index contributed by atoms with van der Waals surface area (Å²) in [6, 6.07) is 2.71. The molecule has 0 aliphatic carbocycles. The van der Waals surface area contributed by atoms with Gasteiger partial charge < -0.3 is 4.74 Å². The summed E-state index contributed by atoms with van der Waals surface area (Å²) in [6.45, 7) is 2.97. The van der Waals surface area contributed by atoms with Crippen molar-refractivity contribution in [3.05, 3.63) is 28.5 Å². The minimum absolute atomic E-state index is 0.573. The van der Waals surface area contributed by atoms with Crippen LogP contribution in [0.4, 0.5) is 0 Å². The number of hydrogen-bond acceptors (Lipinski definition) is 3. The van der Waals surface area contributed by atoms with Crippen molar-refractivity contribution in [2.45, 2.75) is 25.4 Å². The van der Waals surface area contributed by atoms with Gasteiger partial charge in [0.25, 0.3) is 0 Å². The van der Waals surface area contributed by atoms with Crippen LogP contribution in [0.2, 0.25) is 0 Å². The Labute approximate surface area is 105 Å². The Balaban J connectivity index is 1.98. The van der Waals surface area contributed by atoms with Crippen molar-refractivity contribution in [1.82, 2.24) is 9.88 Å². The van der Waals surface area contributed by atoms with E-state index < -0.39 is 0 Å². The number of rotatable bonds is 4. The molecule has 2 heterocycles. The van der Waals surface area contributed by atoms with Gasteiger partial charge in [0.15, 0.2) is 0 Å². The number of nitrogens with zero attached hydrogens (tertiary/aromatic N) is 2. The third-order valence-electron chi connectivity index (χ3n) is 3.01. The van der Waals surface area contributed by atoms with Crippen LogP contribution in [0.15, 0.2) is 22.9 Å². The molecule has 0 saturated carbocycles. The van der Waals surface area contributed by atoms with Crippen LogP contribution in [0, 0.1) is 0 Å². The van der Waals surface area contributed by atoms with E-state index in [2.05, 4.69) is 31.9 Å². The van der Waals surface area contributed by atoms with Crippen LogP contribution in [0.1, 0.15) is 18.4 Å². The van der Waals surface area contributed by atoms with Crippen LogP contribution in [0.5, 0.6) is 0 Å². The minimum atomic E-state index is 0.573. The molecule has 0 spiro atoms. The van der Waals surface area contributed by atoms with E-state index >= 15 is 0 Å². The van der Waals surface area contributed by atoms with Gasteiger partial charge in [0, 0.05) is 36.6 Å². The van der Waals surface area contributed by atoms with Crippen molar-refractivity contribution in [3.8, 4) is 0 Å². The van der Waals surface area contributed by atoms with E-state index in [9.17, 15) is 0 Å². The Morgan fingerprint density at radius 1 is 1.56 bits per heavy atom. The van der Waals surface area contributed by atoms with E-state index in [0.29, 0.717) is 6.04 Å². The van der Waals surface area contributed by atoms with Gasteiger partial charge in [-0.25, -0.2) is 0 Å². The van der Waals surface area contributed by atoms with Crippen LogP contribution < -0.4 is 0 Å². The summed E-state index contributed by atoms with van der Waals surface area (Å²) in [5, 5.41) is 0. The summed E-state index contributed by atoms with van der Waals surface area (Å²) in [7, 11) is 1.77. The highest BCUT2D eigenvalue weighted by atomic mass is 79.9. The Hall–Kier alpha value is -0.450. The topological polar surface area (TPSA) is 25.4 Å². The lowest BCUT2D eigenvalue weighted by Crippen LogP contribution is -2.32. The van der Waals surface area contributed by atoms with Crippen molar-refractivity contribution in [3.63, 3.8) is 0 Å². The standard InChI is InChI=1S/C12H17BrN2O/c1-16-9-12-3-2-4-15(12)8-10-5-11(13)7-14-6-10/h5-7,12H,2-4,8-9H2,1H3. The second-order valence-electron chi connectivity index (χ2n) is 4.23. The number of pyridine rings is 1. The van der Waals surface area contributed by atoms with E-state index in [1.807, 2.05) is 12.4 Å². The van der Waals surface area contributed by atoms with Gasteiger partial charge in [0.2, 0.25) is 0 Å². The molecule has 88 valence electrons. The van der Waals surface area contributed by atoms with Gasteiger partial charge in [-0.15, -0.1) is 0 Å². The summed E-state index contributed by atoms with van der Waals surface area (Å²) in [4.78, 5) is 6.67. The molecule has 2 rings (SSSR count). The van der Waals surface area contributed by atoms with Crippen LogP contribution in [-0.2, 0) is 11.3 Å². The number of aromatic nitrogens is 1. The quantitative estimate of drug-likeness (QED) is 0.849. The van der Waals surface area contributed by atoms with Gasteiger partial charge in [-0.05, 0) is 46.9 Å². The second kappa shape index (κ2) is 5.75. The van der Waals surface area contributed by atoms with E-state index in [4.69, 9.17) is 4.74 Å². The summed E-state index contributed by atoms with van der Waals surface area (Å²) in [5.41, 5.74) is 1.26. The summed E-state index contributed by atoms with van der Waals surface area (Å²) in [5.74, 6) is 0. The molecular weight excluding hydrogens is 268 g/mol. The molecule has 0 N–H and O–H groups in total. The van der Waals surface area contributed by atoms with Gasteiger partial charge in [0.1, 0.15) is 0 Å². The Bertz CT molecular complexity index is 346. The first-order valence-electron chi connectivity index (χ1n) is 5.62. The molecule has 16 heavy (non-hydrogen) atoms. The first-order valence-corrected chi connectivity index (χ1v) is 6.41. The predicted octanol–water partition coefficient (Wildman–Crippen LogP) is 2.45. The molecule has 1 aromatic rings. The van der Waals surface area contributed by atoms with E-state index in [0.717, 1.165) is 17.6 Å². The maximum Gasteiger partial charge on any atom is 0.0618 e. The lowest BCUT2D eigenvalue weighted by Gasteiger charge is -2.23. The molecule has 4 heteroatoms. The zero-order valence-corrected chi connectivity index (χ0v) is 11.1. The highest BCUT2D eigenvalue weighted by Gasteiger charge is 2.24. The molecule has 0 bridgehead atoms. The second-order valence-corrected chi connectivity index (χ2v) is 5.15. The fourth-order valence-electron chi connectivity index (χ4n) is 2.26. The van der Waals surface area contributed by atoms with Crippen molar-refractivity contribution >= 4 is 15.9 Å². The molecule has 1 aliphatic heterocycles. The van der Waals surface area contributed by atoms with Gasteiger partial charge >= 0.3 is 0 Å². The largest absolute Gasteiger partial charge is 0.383 e. The first kappa shape index (κ1) is 12.0. The number of methoxy groups -OCH3 is 1. The SMILES string of the molecule is COCC1CCCN1Cc1cncc(Br)c1. The molecule has 0 aromatic carbocycles. The van der Waals surface area contributed by atoms with Crippen LogP contribution in [0.25, 0.3) is 0 Å². The van der Waals surface area contributed by atoms with Gasteiger partial charge in [-0.1, -0.05) is 0 Å². The summed E-state index contributed by atoms with van der Waals surface area (Å²) >= 11 is 3.45. The fourth-order valence-corrected chi connectivity index (χ4v) is 2.67. The third-order valence-corrected chi connectivity index (χ3v) is 3.44. The van der Waals surface area contributed by atoms with Crippen LogP contribution in [0.3, 0.4) is 0 Å². The molecule has 1 aliphatic rings. The molecule has 3 nitrogen and oxygen atoms in total. The lowest BCUT2D eigenvalue weighted by atomic mass is 10.2. The molecule has 1 saturated heterocycles. The highest BCUT2D eigenvalue weighted by molar-refractivity contribution is 9.10. The molecule has 1 unspecified atom stereocenters. The normalized spacial score (nSPS) is 21.5. The van der Waals surface area contributed by atoms with Gasteiger partial charge in [-0.3, -0.25) is 9.88 Å². The van der Waals surface area contributed by atoms with Gasteiger partial charge in [-0.2, -0.15) is 0 Å². The molecule has 1 aromatic heterocycles. The van der Waals surface area contributed by atoms with Crippen LogP contribution in [-0.4, -0.2) is 36.2 Å². The van der Waals surface area contributed by atoms with E-state index in [1.54, 1.807) is 7.11 Å². The monoisotopic (exact) mass is 284 g/mol. The predicted molar refractivity (Wildman–Crippen MR) is 67.2 cm³/mol. The average Bonchev–Trinajstić information content (AvgIpc) is 2.66. The average molecular weight is 285 g/mol. The highest BCUT2D eigenvalue weighted by Crippen LogP contribution is 2.21. The van der Waals surface area contributed by atoms with Crippen molar-refractivity contribution in [2.24, 2.45) is 0 Å². The number of hydrogen-bond donors (Lipinski definition) is 0. The van der Waals surface area contributed by atoms with Crippen molar-refractivity contribution < 1.29 is 4.74 Å². The lowest BCUT2D eigenvalue weighted by molar-refractivity contribution is 0.112. The first-order chi connectivity index (χ1) is 7.79. The van der Waals surface area contributed by atoms with Crippen molar-refractivity contribution in [1.29, 1.82) is 0 Å². The molecule has 0 radical (unpaired) electrons. The summed E-state index contributed by atoms with van der Waals surface area (Å²) in [6.07, 6.45) is 6.28. The molecule has 0 amide bonds. The molecular formula is C12H17BrN2O. The smallest absolute Gasteiger partial charge is 0.0618 e. The zero-order chi connectivity index (χ0) is 11.4. The Morgan fingerprint density at radius 3 is 3.19 bits per heavy atom. The fraction of sp³-hybridized carbons (Fsp3) is 0.583. The third kappa shape index (κ3) is 3.03. The van der Waals surface area contributed by atoms with E-state index in [1.165, 1.54) is 24.9 Å². The zero-order valence-electron chi connectivity index (χ0n) is 9.53. The van der Waals surface area contributed by atoms with Crippen LogP contribution >= 0.6 is 15.9 Å².